The SMILES string of the molecule is CC1=CC(=O)C2=C(C1=O)C(c1cccc(F)c1O)C1=CCC3C(=O)N(c4ccc(-c5nc6ccccc6o5)cc4)C(=O)C3C1C2. The first-order valence-electron chi connectivity index (χ1n) is 14.7. The van der Waals surface area contributed by atoms with Crippen LogP contribution in [0.5, 0.6) is 5.75 Å². The summed E-state index contributed by atoms with van der Waals surface area (Å²) in [4.78, 5) is 60.5. The predicted molar refractivity (Wildman–Crippen MR) is 161 cm³/mol. The van der Waals surface area contributed by atoms with Gasteiger partial charge in [-0.2, -0.15) is 0 Å². The van der Waals surface area contributed by atoms with E-state index in [1.54, 1.807) is 31.2 Å². The second kappa shape index (κ2) is 9.79. The Hall–Kier alpha value is -5.44. The van der Waals surface area contributed by atoms with Gasteiger partial charge in [-0.15, -0.1) is 0 Å². The smallest absolute Gasteiger partial charge is 0.238 e. The first-order valence-corrected chi connectivity index (χ1v) is 14.7. The summed E-state index contributed by atoms with van der Waals surface area (Å²) < 4.78 is 20.5. The number of para-hydroxylation sites is 3. The van der Waals surface area contributed by atoms with Crippen molar-refractivity contribution in [1.29, 1.82) is 0 Å². The topological polar surface area (TPSA) is 118 Å². The van der Waals surface area contributed by atoms with E-state index in [-0.39, 0.29) is 52.6 Å². The summed E-state index contributed by atoms with van der Waals surface area (Å²) in [5.41, 5.74) is 3.93. The van der Waals surface area contributed by atoms with Gasteiger partial charge in [0.25, 0.3) is 0 Å². The van der Waals surface area contributed by atoms with Crippen molar-refractivity contribution in [1.82, 2.24) is 4.98 Å². The molecule has 3 aromatic carbocycles. The van der Waals surface area contributed by atoms with Crippen molar-refractivity contribution in [3.63, 3.8) is 0 Å². The Kier molecular flexibility index (Phi) is 5.90. The van der Waals surface area contributed by atoms with E-state index in [9.17, 15) is 28.7 Å². The lowest BCUT2D eigenvalue weighted by atomic mass is 9.59. The van der Waals surface area contributed by atoms with E-state index in [1.807, 2.05) is 30.3 Å². The average molecular weight is 601 g/mol. The lowest BCUT2D eigenvalue weighted by Gasteiger charge is -2.42. The Bertz CT molecular complexity index is 2070. The molecule has 45 heavy (non-hydrogen) atoms. The van der Waals surface area contributed by atoms with Crippen LogP contribution in [-0.4, -0.2) is 33.5 Å². The number of amides is 2. The monoisotopic (exact) mass is 600 g/mol. The van der Waals surface area contributed by atoms with Gasteiger partial charge in [0.05, 0.1) is 17.5 Å². The van der Waals surface area contributed by atoms with Gasteiger partial charge in [0, 0.05) is 33.8 Å². The minimum Gasteiger partial charge on any atom is -0.505 e. The molecule has 1 aromatic heterocycles. The number of phenolic OH excluding ortho intramolecular Hbond substituents is 1. The highest BCUT2D eigenvalue weighted by atomic mass is 19.1. The number of nitrogens with zero attached hydrogens (tertiary/aromatic N) is 2. The van der Waals surface area contributed by atoms with Gasteiger partial charge in [0.15, 0.2) is 28.7 Å². The second-order valence-corrected chi connectivity index (χ2v) is 12.0. The zero-order valence-electron chi connectivity index (χ0n) is 24.0. The Morgan fingerprint density at radius 2 is 1.71 bits per heavy atom. The summed E-state index contributed by atoms with van der Waals surface area (Å²) in [6.45, 7) is 1.55. The first-order chi connectivity index (χ1) is 21.7. The summed E-state index contributed by atoms with van der Waals surface area (Å²) in [6, 6.07) is 18.3. The number of benzene rings is 3. The highest BCUT2D eigenvalue weighted by Gasteiger charge is 2.56. The number of Topliss-reactive ketones (excluding diaryl/α,β-unsaturated/α-hetero) is 1. The van der Waals surface area contributed by atoms with E-state index in [4.69, 9.17) is 4.42 Å². The fourth-order valence-electron chi connectivity index (χ4n) is 7.48. The standard InChI is InChI=1S/C36H25FN2O6/c1-17-15-27(40)24-16-23-20(29(31(24)32(17)41)21-5-4-6-25(37)33(21)42)13-14-22-30(23)36(44)39(35(22)43)19-11-9-18(10-12-19)34-38-26-7-2-3-8-28(26)45-34/h2-13,15,22-23,29-30,42H,14,16H2,1H3. The number of carbonyl (C=O) groups is 4. The van der Waals surface area contributed by atoms with Crippen molar-refractivity contribution >= 4 is 40.2 Å². The van der Waals surface area contributed by atoms with E-state index in [0.29, 0.717) is 33.8 Å². The Labute approximate surface area is 256 Å². The van der Waals surface area contributed by atoms with E-state index in [2.05, 4.69) is 4.98 Å². The van der Waals surface area contributed by atoms with Gasteiger partial charge in [-0.25, -0.2) is 9.37 Å². The van der Waals surface area contributed by atoms with E-state index in [1.165, 1.54) is 23.1 Å². The van der Waals surface area contributed by atoms with Crippen LogP contribution in [0.3, 0.4) is 0 Å². The van der Waals surface area contributed by atoms with Crippen LogP contribution in [0.4, 0.5) is 10.1 Å². The van der Waals surface area contributed by atoms with Crippen molar-refractivity contribution in [2.45, 2.75) is 25.7 Å². The summed E-state index contributed by atoms with van der Waals surface area (Å²) in [7, 11) is 0. The molecule has 0 spiro atoms. The number of phenols is 1. The second-order valence-electron chi connectivity index (χ2n) is 12.0. The number of imide groups is 1. The predicted octanol–water partition coefficient (Wildman–Crippen LogP) is 5.97. The lowest BCUT2D eigenvalue weighted by Crippen LogP contribution is -2.39. The molecule has 4 aliphatic rings. The molecule has 1 N–H and O–H groups in total. The number of carbonyl (C=O) groups excluding carboxylic acids is 4. The number of oxazole rings is 1. The van der Waals surface area contributed by atoms with Gasteiger partial charge in [-0.05, 0) is 74.2 Å². The van der Waals surface area contributed by atoms with Gasteiger partial charge in [-0.1, -0.05) is 35.9 Å². The Balaban J connectivity index is 1.17. The molecule has 0 bridgehead atoms. The number of fused-ring (bicyclic) bond motifs is 4. The van der Waals surface area contributed by atoms with Crippen LogP contribution in [0.15, 0.2) is 106 Å². The Morgan fingerprint density at radius 3 is 2.49 bits per heavy atom. The van der Waals surface area contributed by atoms with Crippen molar-refractivity contribution in [2.24, 2.45) is 17.8 Å². The van der Waals surface area contributed by atoms with Gasteiger partial charge < -0.3 is 9.52 Å². The summed E-state index contributed by atoms with van der Waals surface area (Å²) in [5, 5.41) is 10.8. The summed E-state index contributed by atoms with van der Waals surface area (Å²) in [6.07, 6.45) is 3.43. The number of rotatable bonds is 3. The molecular weight excluding hydrogens is 575 g/mol. The van der Waals surface area contributed by atoms with Crippen molar-refractivity contribution < 1.29 is 33.1 Å². The number of ketones is 2. The number of hydrogen-bond acceptors (Lipinski definition) is 7. The van der Waals surface area contributed by atoms with Crippen LogP contribution in [0, 0.1) is 23.6 Å². The minimum atomic E-state index is -0.928. The van der Waals surface area contributed by atoms with Crippen LogP contribution in [0.25, 0.3) is 22.6 Å². The van der Waals surface area contributed by atoms with Crippen LogP contribution < -0.4 is 4.90 Å². The summed E-state index contributed by atoms with van der Waals surface area (Å²) >= 11 is 0. The molecule has 2 heterocycles. The molecule has 0 saturated carbocycles. The van der Waals surface area contributed by atoms with Crippen LogP contribution in [0.2, 0.25) is 0 Å². The van der Waals surface area contributed by atoms with Gasteiger partial charge in [0.2, 0.25) is 17.7 Å². The highest BCUT2D eigenvalue weighted by Crippen LogP contribution is 2.56. The largest absolute Gasteiger partial charge is 0.505 e. The van der Waals surface area contributed by atoms with E-state index < -0.39 is 41.1 Å². The van der Waals surface area contributed by atoms with Crippen LogP contribution in [0.1, 0.15) is 31.2 Å². The van der Waals surface area contributed by atoms with Gasteiger partial charge >= 0.3 is 0 Å². The highest BCUT2D eigenvalue weighted by molar-refractivity contribution is 6.25. The number of halogens is 1. The molecule has 0 radical (unpaired) electrons. The molecule has 4 aromatic rings. The number of allylic oxidation sites excluding steroid dienone is 6. The maximum absolute atomic E-state index is 14.6. The molecule has 4 unspecified atom stereocenters. The van der Waals surface area contributed by atoms with Crippen molar-refractivity contribution in [3.8, 4) is 17.2 Å². The zero-order chi connectivity index (χ0) is 31.1. The molecule has 1 aliphatic heterocycles. The van der Waals surface area contributed by atoms with Crippen molar-refractivity contribution in [3.05, 3.63) is 113 Å². The normalized spacial score (nSPS) is 24.4. The number of aromatic nitrogens is 1. The number of hydrogen-bond donors (Lipinski definition) is 1. The lowest BCUT2D eigenvalue weighted by molar-refractivity contribution is -0.123. The van der Waals surface area contributed by atoms with E-state index >= 15 is 0 Å². The molecule has 1 saturated heterocycles. The molecule has 8 rings (SSSR count). The minimum absolute atomic E-state index is 0.0901. The van der Waals surface area contributed by atoms with Crippen molar-refractivity contribution in [2.75, 3.05) is 4.90 Å². The molecule has 4 atom stereocenters. The zero-order valence-corrected chi connectivity index (χ0v) is 24.0. The Morgan fingerprint density at radius 1 is 0.933 bits per heavy atom. The maximum Gasteiger partial charge on any atom is 0.238 e. The molecule has 8 nitrogen and oxygen atoms in total. The first kappa shape index (κ1) is 27.1. The third kappa shape index (κ3) is 3.93. The summed E-state index contributed by atoms with van der Waals surface area (Å²) in [5.74, 6) is -5.49. The third-order valence-corrected chi connectivity index (χ3v) is 9.56. The number of aromatic hydroxyl groups is 1. The molecule has 222 valence electrons. The fraction of sp³-hybridized carbons (Fsp3) is 0.194. The molecule has 3 aliphatic carbocycles. The van der Waals surface area contributed by atoms with Gasteiger partial charge in [-0.3, -0.25) is 24.1 Å². The quantitative estimate of drug-likeness (QED) is 0.175. The number of anilines is 1. The van der Waals surface area contributed by atoms with Crippen LogP contribution >= 0.6 is 0 Å². The molecular formula is C36H25FN2O6. The molecule has 1 fully saturated rings. The maximum atomic E-state index is 14.6. The van der Waals surface area contributed by atoms with Gasteiger partial charge in [0.1, 0.15) is 5.52 Å². The van der Waals surface area contributed by atoms with E-state index in [0.717, 1.165) is 6.07 Å². The van der Waals surface area contributed by atoms with Crippen LogP contribution in [-0.2, 0) is 19.2 Å². The average Bonchev–Trinajstić information content (AvgIpc) is 3.59. The molecule has 9 heteroatoms. The fourth-order valence-corrected chi connectivity index (χ4v) is 7.48. The third-order valence-electron chi connectivity index (χ3n) is 9.56. The molecule has 2 amide bonds.